The molecule has 1 amide bonds. The summed E-state index contributed by atoms with van der Waals surface area (Å²) in [6.07, 6.45) is 2.23. The van der Waals surface area contributed by atoms with Crippen molar-refractivity contribution in [2.45, 2.75) is 38.1 Å². The monoisotopic (exact) mass is 321 g/mol. The molecule has 1 aliphatic rings. The first-order valence-corrected chi connectivity index (χ1v) is 7.95. The lowest BCUT2D eigenvalue weighted by molar-refractivity contribution is -0.139. The van der Waals surface area contributed by atoms with Gasteiger partial charge in [-0.15, -0.1) is 11.3 Å². The van der Waals surface area contributed by atoms with E-state index in [1.165, 1.54) is 23.5 Å². The highest BCUT2D eigenvalue weighted by molar-refractivity contribution is 7.21. The summed E-state index contributed by atoms with van der Waals surface area (Å²) in [5, 5.41) is 12.6. The number of amides is 1. The summed E-state index contributed by atoms with van der Waals surface area (Å²) in [4.78, 5) is 24.0. The number of aliphatic carboxylic acids is 1. The quantitative estimate of drug-likeness (QED) is 0.906. The van der Waals surface area contributed by atoms with Crippen LogP contribution in [-0.4, -0.2) is 22.5 Å². The number of rotatable bonds is 4. The van der Waals surface area contributed by atoms with Gasteiger partial charge in [-0.05, 0) is 55.3 Å². The lowest BCUT2D eigenvalue weighted by atomic mass is 9.74. The molecule has 22 heavy (non-hydrogen) atoms. The topological polar surface area (TPSA) is 66.4 Å². The number of benzene rings is 1. The molecule has 0 aliphatic heterocycles. The molecule has 0 spiro atoms. The number of fused-ring (bicyclic) bond motifs is 1. The first-order valence-electron chi connectivity index (χ1n) is 7.13. The van der Waals surface area contributed by atoms with Crippen LogP contribution in [0, 0.1) is 12.7 Å². The highest BCUT2D eigenvalue weighted by Crippen LogP contribution is 2.37. The Kier molecular flexibility index (Phi) is 3.64. The van der Waals surface area contributed by atoms with E-state index in [2.05, 4.69) is 5.32 Å². The molecule has 2 N–H and O–H groups in total. The van der Waals surface area contributed by atoms with Gasteiger partial charge in [0.05, 0.1) is 16.8 Å². The van der Waals surface area contributed by atoms with Gasteiger partial charge < -0.3 is 10.4 Å². The van der Waals surface area contributed by atoms with Gasteiger partial charge >= 0.3 is 5.97 Å². The average molecular weight is 321 g/mol. The summed E-state index contributed by atoms with van der Waals surface area (Å²) in [7, 11) is 0. The van der Waals surface area contributed by atoms with E-state index >= 15 is 0 Å². The molecule has 3 rings (SSSR count). The summed E-state index contributed by atoms with van der Waals surface area (Å²) >= 11 is 1.31. The number of carboxylic acids is 1. The molecule has 0 saturated heterocycles. The van der Waals surface area contributed by atoms with Crippen LogP contribution in [0.1, 0.15) is 40.9 Å². The third-order valence-corrected chi connectivity index (χ3v) is 5.56. The van der Waals surface area contributed by atoms with Crippen molar-refractivity contribution in [3.8, 4) is 0 Å². The van der Waals surface area contributed by atoms with E-state index in [-0.39, 0.29) is 18.1 Å². The molecule has 116 valence electrons. The molecule has 1 saturated carbocycles. The Bertz CT molecular complexity index is 764. The van der Waals surface area contributed by atoms with Gasteiger partial charge in [0.15, 0.2) is 0 Å². The van der Waals surface area contributed by atoms with E-state index in [0.717, 1.165) is 22.1 Å². The molecule has 1 aliphatic carbocycles. The van der Waals surface area contributed by atoms with Gasteiger partial charge in [-0.25, -0.2) is 4.39 Å². The summed E-state index contributed by atoms with van der Waals surface area (Å²) < 4.78 is 14.2. The lowest BCUT2D eigenvalue weighted by Crippen LogP contribution is -2.54. The second-order valence-corrected chi connectivity index (χ2v) is 6.91. The zero-order valence-electron chi connectivity index (χ0n) is 12.1. The molecule has 0 atom stereocenters. The number of hydrogen-bond donors (Lipinski definition) is 2. The van der Waals surface area contributed by atoms with Gasteiger partial charge in [-0.2, -0.15) is 0 Å². The average Bonchev–Trinajstić information content (AvgIpc) is 2.73. The van der Waals surface area contributed by atoms with Crippen molar-refractivity contribution in [2.24, 2.45) is 0 Å². The van der Waals surface area contributed by atoms with Crippen LogP contribution in [0.5, 0.6) is 0 Å². The third-order valence-electron chi connectivity index (χ3n) is 4.28. The van der Waals surface area contributed by atoms with Gasteiger partial charge in [-0.1, -0.05) is 0 Å². The zero-order chi connectivity index (χ0) is 15.9. The Morgan fingerprint density at radius 2 is 2.14 bits per heavy atom. The number of halogens is 1. The Balaban J connectivity index is 1.89. The van der Waals surface area contributed by atoms with Gasteiger partial charge in [-0.3, -0.25) is 9.59 Å². The van der Waals surface area contributed by atoms with Crippen LogP contribution in [0.4, 0.5) is 4.39 Å². The van der Waals surface area contributed by atoms with Crippen molar-refractivity contribution in [1.82, 2.24) is 5.32 Å². The van der Waals surface area contributed by atoms with Crippen molar-refractivity contribution in [3.05, 3.63) is 34.5 Å². The molecule has 0 bridgehead atoms. The molecule has 4 nitrogen and oxygen atoms in total. The molecule has 0 radical (unpaired) electrons. The minimum Gasteiger partial charge on any atom is -0.481 e. The molecule has 1 aromatic heterocycles. The highest BCUT2D eigenvalue weighted by atomic mass is 32.1. The maximum Gasteiger partial charge on any atom is 0.305 e. The van der Waals surface area contributed by atoms with Crippen molar-refractivity contribution < 1.29 is 19.1 Å². The maximum absolute atomic E-state index is 13.3. The Labute approximate surface area is 130 Å². The second kappa shape index (κ2) is 5.35. The predicted molar refractivity (Wildman–Crippen MR) is 82.8 cm³/mol. The Morgan fingerprint density at radius 1 is 1.41 bits per heavy atom. The minimum absolute atomic E-state index is 0.0582. The fourth-order valence-corrected chi connectivity index (χ4v) is 4.03. The fraction of sp³-hybridized carbons (Fsp3) is 0.375. The number of nitrogens with one attached hydrogen (secondary N) is 1. The molecule has 6 heteroatoms. The SMILES string of the molecule is Cc1c(C(=O)NC2(CC(=O)O)CCC2)sc2ccc(F)cc12. The number of hydrogen-bond acceptors (Lipinski definition) is 3. The van der Waals surface area contributed by atoms with Crippen LogP contribution in [0.3, 0.4) is 0 Å². The number of thiophene rings is 1. The van der Waals surface area contributed by atoms with E-state index in [4.69, 9.17) is 5.11 Å². The number of carbonyl (C=O) groups is 2. The largest absolute Gasteiger partial charge is 0.481 e. The van der Waals surface area contributed by atoms with E-state index in [1.807, 2.05) is 0 Å². The summed E-state index contributed by atoms with van der Waals surface area (Å²) in [6, 6.07) is 4.46. The molecule has 1 aromatic carbocycles. The van der Waals surface area contributed by atoms with Crippen molar-refractivity contribution in [3.63, 3.8) is 0 Å². The molecule has 2 aromatic rings. The number of aryl methyl sites for hydroxylation is 1. The normalized spacial score (nSPS) is 16.3. The van der Waals surface area contributed by atoms with E-state index in [0.29, 0.717) is 17.7 Å². The summed E-state index contributed by atoms with van der Waals surface area (Å²) in [5.74, 6) is -1.50. The minimum atomic E-state index is -0.907. The van der Waals surface area contributed by atoms with Crippen molar-refractivity contribution in [1.29, 1.82) is 0 Å². The van der Waals surface area contributed by atoms with Crippen molar-refractivity contribution >= 4 is 33.3 Å². The van der Waals surface area contributed by atoms with Crippen LogP contribution in [-0.2, 0) is 4.79 Å². The second-order valence-electron chi connectivity index (χ2n) is 5.86. The summed E-state index contributed by atoms with van der Waals surface area (Å²) in [5.41, 5.74) is 0.110. The first kappa shape index (κ1) is 15.0. The van der Waals surface area contributed by atoms with Crippen LogP contribution in [0.25, 0.3) is 10.1 Å². The number of carboxylic acid groups (broad SMARTS) is 1. The van der Waals surface area contributed by atoms with Gasteiger partial charge in [0.2, 0.25) is 0 Å². The van der Waals surface area contributed by atoms with Crippen molar-refractivity contribution in [2.75, 3.05) is 0 Å². The first-order chi connectivity index (χ1) is 10.4. The van der Waals surface area contributed by atoms with Gasteiger partial charge in [0.25, 0.3) is 5.91 Å². The van der Waals surface area contributed by atoms with E-state index in [1.54, 1.807) is 13.0 Å². The lowest BCUT2D eigenvalue weighted by Gasteiger charge is -2.41. The third kappa shape index (κ3) is 2.59. The van der Waals surface area contributed by atoms with Crippen LogP contribution < -0.4 is 5.32 Å². The zero-order valence-corrected chi connectivity index (χ0v) is 12.9. The maximum atomic E-state index is 13.3. The molecule has 1 fully saturated rings. The Morgan fingerprint density at radius 3 is 2.73 bits per heavy atom. The standard InChI is InChI=1S/C16H16FNO3S/c1-9-11-7-10(17)3-4-12(11)22-14(9)15(21)18-16(5-2-6-16)8-13(19)20/h3-4,7H,2,5-6,8H2,1H3,(H,18,21)(H,19,20). The Hall–Kier alpha value is -1.95. The smallest absolute Gasteiger partial charge is 0.305 e. The summed E-state index contributed by atoms with van der Waals surface area (Å²) in [6.45, 7) is 1.79. The number of carbonyl (C=O) groups excluding carboxylic acids is 1. The van der Waals surface area contributed by atoms with Gasteiger partial charge in [0, 0.05) is 4.70 Å². The van der Waals surface area contributed by atoms with E-state index in [9.17, 15) is 14.0 Å². The fourth-order valence-electron chi connectivity index (χ4n) is 2.95. The van der Waals surface area contributed by atoms with Crippen LogP contribution in [0.2, 0.25) is 0 Å². The molecule has 1 heterocycles. The molecular weight excluding hydrogens is 305 g/mol. The predicted octanol–water partition coefficient (Wildman–Crippen LogP) is 3.48. The van der Waals surface area contributed by atoms with E-state index < -0.39 is 11.5 Å². The van der Waals surface area contributed by atoms with Gasteiger partial charge in [0.1, 0.15) is 5.82 Å². The van der Waals surface area contributed by atoms with Crippen LogP contribution >= 0.6 is 11.3 Å². The molecular formula is C16H16FNO3S. The molecule has 0 unspecified atom stereocenters. The highest BCUT2D eigenvalue weighted by Gasteiger charge is 2.40. The van der Waals surface area contributed by atoms with Crippen LogP contribution in [0.15, 0.2) is 18.2 Å².